The number of hydrogen-bond donors (Lipinski definition) is 1. The Morgan fingerprint density at radius 3 is 2.88 bits per heavy atom. The van der Waals surface area contributed by atoms with Crippen LogP contribution in [0, 0.1) is 6.92 Å². The molecule has 4 nitrogen and oxygen atoms in total. The molecule has 1 N–H and O–H groups in total. The summed E-state index contributed by atoms with van der Waals surface area (Å²) in [5.74, 6) is 1.48. The smallest absolute Gasteiger partial charge is 0.229 e. The van der Waals surface area contributed by atoms with Crippen molar-refractivity contribution in [3.05, 3.63) is 30.0 Å². The second-order valence-corrected chi connectivity index (χ2v) is 3.77. The highest BCUT2D eigenvalue weighted by molar-refractivity contribution is 5.51. The number of oxazole rings is 1. The van der Waals surface area contributed by atoms with Crippen LogP contribution in [-0.2, 0) is 6.54 Å². The van der Waals surface area contributed by atoms with Crippen LogP contribution in [0.25, 0.3) is 11.5 Å². The second-order valence-electron chi connectivity index (χ2n) is 3.77. The van der Waals surface area contributed by atoms with Gasteiger partial charge in [0.15, 0.2) is 0 Å². The highest BCUT2D eigenvalue weighted by Crippen LogP contribution is 2.20. The predicted molar refractivity (Wildman–Crippen MR) is 60.9 cm³/mol. The summed E-state index contributed by atoms with van der Waals surface area (Å²) in [6.45, 7) is 5.77. The Kier molecular flexibility index (Phi) is 3.41. The summed E-state index contributed by atoms with van der Waals surface area (Å²) < 4.78 is 10.6. The van der Waals surface area contributed by atoms with Crippen LogP contribution < -0.4 is 5.32 Å². The number of furan rings is 1. The van der Waals surface area contributed by atoms with E-state index in [1.807, 2.05) is 13.0 Å². The summed E-state index contributed by atoms with van der Waals surface area (Å²) in [5, 5.41) is 3.28. The highest BCUT2D eigenvalue weighted by Gasteiger charge is 2.08. The molecule has 0 fully saturated rings. The molecule has 2 rings (SSSR count). The van der Waals surface area contributed by atoms with Gasteiger partial charge in [0.2, 0.25) is 5.89 Å². The summed E-state index contributed by atoms with van der Waals surface area (Å²) in [7, 11) is 0. The first-order valence-corrected chi connectivity index (χ1v) is 5.50. The molecule has 0 radical (unpaired) electrons. The molecule has 0 spiro atoms. The van der Waals surface area contributed by atoms with E-state index in [9.17, 15) is 0 Å². The normalized spacial score (nSPS) is 10.9. The van der Waals surface area contributed by atoms with Crippen molar-refractivity contribution < 1.29 is 8.83 Å². The molecular weight excluding hydrogens is 204 g/mol. The van der Waals surface area contributed by atoms with E-state index in [1.54, 1.807) is 12.5 Å². The van der Waals surface area contributed by atoms with Crippen LogP contribution in [-0.4, -0.2) is 11.5 Å². The van der Waals surface area contributed by atoms with E-state index in [0.29, 0.717) is 5.89 Å². The van der Waals surface area contributed by atoms with E-state index in [-0.39, 0.29) is 0 Å². The van der Waals surface area contributed by atoms with Gasteiger partial charge in [0.05, 0.1) is 11.3 Å². The van der Waals surface area contributed by atoms with E-state index in [0.717, 1.165) is 36.5 Å². The van der Waals surface area contributed by atoms with Crippen molar-refractivity contribution in [1.29, 1.82) is 0 Å². The molecule has 0 atom stereocenters. The van der Waals surface area contributed by atoms with Gasteiger partial charge in [-0.25, -0.2) is 4.98 Å². The lowest BCUT2D eigenvalue weighted by Crippen LogP contribution is -2.13. The van der Waals surface area contributed by atoms with Gasteiger partial charge < -0.3 is 14.2 Å². The SMILES string of the molecule is CCCNCc1coc(-c2coc(C)c2)n1. The Labute approximate surface area is 94.7 Å². The minimum atomic E-state index is 0.616. The topological polar surface area (TPSA) is 51.2 Å². The van der Waals surface area contributed by atoms with Gasteiger partial charge in [-0.1, -0.05) is 6.92 Å². The van der Waals surface area contributed by atoms with Crippen LogP contribution in [0.2, 0.25) is 0 Å². The summed E-state index contributed by atoms with van der Waals surface area (Å²) in [6.07, 6.45) is 4.45. The van der Waals surface area contributed by atoms with E-state index >= 15 is 0 Å². The van der Waals surface area contributed by atoms with Crippen LogP contribution in [0.5, 0.6) is 0 Å². The van der Waals surface area contributed by atoms with Gasteiger partial charge in [-0.15, -0.1) is 0 Å². The van der Waals surface area contributed by atoms with Crippen molar-refractivity contribution in [2.45, 2.75) is 26.8 Å². The zero-order chi connectivity index (χ0) is 11.4. The minimum absolute atomic E-state index is 0.616. The zero-order valence-electron chi connectivity index (χ0n) is 9.62. The van der Waals surface area contributed by atoms with Crippen LogP contribution in [0.4, 0.5) is 0 Å². The first-order valence-electron chi connectivity index (χ1n) is 5.50. The van der Waals surface area contributed by atoms with E-state index in [4.69, 9.17) is 8.83 Å². The van der Waals surface area contributed by atoms with Gasteiger partial charge >= 0.3 is 0 Å². The molecule has 2 aromatic rings. The second kappa shape index (κ2) is 4.99. The third-order valence-corrected chi connectivity index (χ3v) is 2.26. The minimum Gasteiger partial charge on any atom is -0.469 e. The Bertz CT molecular complexity index is 445. The van der Waals surface area contributed by atoms with Crippen molar-refractivity contribution in [3.8, 4) is 11.5 Å². The van der Waals surface area contributed by atoms with Crippen molar-refractivity contribution in [2.24, 2.45) is 0 Å². The lowest BCUT2D eigenvalue weighted by molar-refractivity contribution is 0.531. The Morgan fingerprint density at radius 1 is 1.31 bits per heavy atom. The Hall–Kier alpha value is -1.55. The van der Waals surface area contributed by atoms with E-state index in [2.05, 4.69) is 17.2 Å². The highest BCUT2D eigenvalue weighted by atomic mass is 16.3. The van der Waals surface area contributed by atoms with Gasteiger partial charge in [0, 0.05) is 6.54 Å². The fourth-order valence-electron chi connectivity index (χ4n) is 1.47. The van der Waals surface area contributed by atoms with Crippen LogP contribution >= 0.6 is 0 Å². The van der Waals surface area contributed by atoms with Gasteiger partial charge in [0.25, 0.3) is 0 Å². The number of hydrogen-bond acceptors (Lipinski definition) is 4. The predicted octanol–water partition coefficient (Wildman–Crippen LogP) is 2.74. The summed E-state index contributed by atoms with van der Waals surface area (Å²) in [6, 6.07) is 1.91. The molecule has 0 aliphatic rings. The number of nitrogens with zero attached hydrogens (tertiary/aromatic N) is 1. The third-order valence-electron chi connectivity index (χ3n) is 2.26. The van der Waals surface area contributed by atoms with Gasteiger partial charge in [-0.2, -0.15) is 0 Å². The van der Waals surface area contributed by atoms with Crippen molar-refractivity contribution in [3.63, 3.8) is 0 Å². The average molecular weight is 220 g/mol. The lowest BCUT2D eigenvalue weighted by Gasteiger charge is -1.96. The molecule has 16 heavy (non-hydrogen) atoms. The molecule has 0 aliphatic heterocycles. The number of aryl methyl sites for hydroxylation is 1. The zero-order valence-corrected chi connectivity index (χ0v) is 9.62. The van der Waals surface area contributed by atoms with Crippen molar-refractivity contribution in [2.75, 3.05) is 6.54 Å². The number of aromatic nitrogens is 1. The molecular formula is C12H16N2O2. The molecule has 0 saturated heterocycles. The fourth-order valence-corrected chi connectivity index (χ4v) is 1.47. The molecule has 86 valence electrons. The molecule has 0 unspecified atom stereocenters. The molecule has 0 aliphatic carbocycles. The van der Waals surface area contributed by atoms with Gasteiger partial charge in [0.1, 0.15) is 18.3 Å². The molecule has 0 bridgehead atoms. The number of rotatable bonds is 5. The molecule has 2 heterocycles. The summed E-state index contributed by atoms with van der Waals surface area (Å²) >= 11 is 0. The fraction of sp³-hybridized carbons (Fsp3) is 0.417. The lowest BCUT2D eigenvalue weighted by atomic mass is 10.3. The molecule has 4 heteroatoms. The van der Waals surface area contributed by atoms with Gasteiger partial charge in [-0.05, 0) is 26.0 Å². The maximum absolute atomic E-state index is 5.38. The summed E-state index contributed by atoms with van der Waals surface area (Å²) in [4.78, 5) is 4.38. The van der Waals surface area contributed by atoms with E-state index < -0.39 is 0 Å². The molecule has 2 aromatic heterocycles. The maximum Gasteiger partial charge on any atom is 0.229 e. The maximum atomic E-state index is 5.38. The molecule has 0 aromatic carbocycles. The first-order chi connectivity index (χ1) is 7.79. The molecule has 0 amide bonds. The van der Waals surface area contributed by atoms with E-state index in [1.165, 1.54) is 0 Å². The largest absolute Gasteiger partial charge is 0.469 e. The average Bonchev–Trinajstić information content (AvgIpc) is 2.87. The molecule has 0 saturated carbocycles. The van der Waals surface area contributed by atoms with Crippen LogP contribution in [0.15, 0.2) is 27.4 Å². The Balaban J connectivity index is 2.02. The monoisotopic (exact) mass is 220 g/mol. The van der Waals surface area contributed by atoms with Gasteiger partial charge in [-0.3, -0.25) is 0 Å². The third kappa shape index (κ3) is 2.52. The van der Waals surface area contributed by atoms with Crippen LogP contribution in [0.1, 0.15) is 24.8 Å². The van der Waals surface area contributed by atoms with Crippen LogP contribution in [0.3, 0.4) is 0 Å². The first kappa shape index (κ1) is 11.0. The Morgan fingerprint density at radius 2 is 2.19 bits per heavy atom. The van der Waals surface area contributed by atoms with Crippen molar-refractivity contribution >= 4 is 0 Å². The summed E-state index contributed by atoms with van der Waals surface area (Å²) in [5.41, 5.74) is 1.81. The van der Waals surface area contributed by atoms with Crippen molar-refractivity contribution in [1.82, 2.24) is 10.3 Å². The quantitative estimate of drug-likeness (QED) is 0.787. The number of nitrogens with one attached hydrogen (secondary N) is 1. The standard InChI is InChI=1S/C12H16N2O2/c1-3-4-13-6-11-8-16-12(14-11)10-5-9(2)15-7-10/h5,7-8,13H,3-4,6H2,1-2H3.